The maximum absolute atomic E-state index is 13.4. The molecule has 0 aromatic heterocycles. The van der Waals surface area contributed by atoms with E-state index in [9.17, 15) is 9.18 Å². The molecule has 0 fully saturated rings. The van der Waals surface area contributed by atoms with Crippen LogP contribution in [0.25, 0.3) is 0 Å². The third kappa shape index (κ3) is 2.96. The molecular formula is C16H16FNO2. The molecule has 0 heterocycles. The number of hydrogen-bond acceptors (Lipinski definition) is 2. The molecular weight excluding hydrogens is 257 g/mol. The fourth-order valence-corrected chi connectivity index (χ4v) is 2.04. The summed E-state index contributed by atoms with van der Waals surface area (Å²) in [6.45, 7) is 4.15. The number of anilines is 2. The van der Waals surface area contributed by atoms with Gasteiger partial charge in [0.25, 0.3) is 0 Å². The second-order valence-electron chi connectivity index (χ2n) is 4.87. The third-order valence-electron chi connectivity index (χ3n) is 3.06. The Labute approximate surface area is 117 Å². The zero-order valence-corrected chi connectivity index (χ0v) is 11.4. The maximum Gasteiger partial charge on any atom is 0.338 e. The monoisotopic (exact) mass is 273 g/mol. The number of carboxylic acids is 1. The maximum atomic E-state index is 13.4. The number of carbonyl (C=O) groups is 1. The Bertz CT molecular complexity index is 638. The Morgan fingerprint density at radius 1 is 1.20 bits per heavy atom. The standard InChI is InChI=1S/C16H16FNO2/c1-10(2)12-5-3-4-6-15(12)18-11-7-8-14(17)13(9-11)16(19)20/h3-10,18H,1-2H3,(H,19,20). The molecule has 0 spiro atoms. The van der Waals surface area contributed by atoms with Crippen molar-refractivity contribution in [1.29, 1.82) is 0 Å². The Morgan fingerprint density at radius 3 is 2.55 bits per heavy atom. The first-order valence-electron chi connectivity index (χ1n) is 6.38. The largest absolute Gasteiger partial charge is 0.478 e. The lowest BCUT2D eigenvalue weighted by Gasteiger charge is -2.15. The van der Waals surface area contributed by atoms with E-state index >= 15 is 0 Å². The number of halogens is 1. The van der Waals surface area contributed by atoms with Crippen molar-refractivity contribution in [3.63, 3.8) is 0 Å². The number of hydrogen-bond donors (Lipinski definition) is 2. The van der Waals surface area contributed by atoms with E-state index in [1.54, 1.807) is 0 Å². The summed E-state index contributed by atoms with van der Waals surface area (Å²) >= 11 is 0. The van der Waals surface area contributed by atoms with Crippen molar-refractivity contribution in [2.24, 2.45) is 0 Å². The first-order valence-corrected chi connectivity index (χ1v) is 6.38. The van der Waals surface area contributed by atoms with Gasteiger partial charge in [0.1, 0.15) is 5.82 Å². The van der Waals surface area contributed by atoms with E-state index in [4.69, 9.17) is 5.11 Å². The van der Waals surface area contributed by atoms with Gasteiger partial charge in [-0.1, -0.05) is 32.0 Å². The molecule has 2 aromatic rings. The van der Waals surface area contributed by atoms with Crippen LogP contribution >= 0.6 is 0 Å². The van der Waals surface area contributed by atoms with E-state index in [1.807, 2.05) is 24.3 Å². The van der Waals surface area contributed by atoms with Gasteiger partial charge in [-0.3, -0.25) is 0 Å². The first-order chi connectivity index (χ1) is 9.49. The van der Waals surface area contributed by atoms with Crippen molar-refractivity contribution < 1.29 is 14.3 Å². The van der Waals surface area contributed by atoms with Gasteiger partial charge in [-0.25, -0.2) is 9.18 Å². The molecule has 0 aliphatic rings. The summed E-state index contributed by atoms with van der Waals surface area (Å²) in [6.07, 6.45) is 0. The Morgan fingerprint density at radius 2 is 1.90 bits per heavy atom. The van der Waals surface area contributed by atoms with Crippen molar-refractivity contribution in [3.05, 3.63) is 59.4 Å². The predicted molar refractivity (Wildman–Crippen MR) is 77.2 cm³/mol. The summed E-state index contributed by atoms with van der Waals surface area (Å²) in [5.41, 5.74) is 2.23. The average molecular weight is 273 g/mol. The van der Waals surface area contributed by atoms with E-state index in [0.29, 0.717) is 11.6 Å². The third-order valence-corrected chi connectivity index (χ3v) is 3.06. The fraction of sp³-hybridized carbons (Fsp3) is 0.188. The van der Waals surface area contributed by atoms with Gasteiger partial charge >= 0.3 is 5.97 Å². The lowest BCUT2D eigenvalue weighted by atomic mass is 10.0. The minimum atomic E-state index is -1.27. The van der Waals surface area contributed by atoms with Crippen LogP contribution in [0.1, 0.15) is 35.7 Å². The van der Waals surface area contributed by atoms with Crippen LogP contribution in [0.5, 0.6) is 0 Å². The van der Waals surface area contributed by atoms with E-state index in [2.05, 4.69) is 19.2 Å². The molecule has 0 amide bonds. The van der Waals surface area contributed by atoms with Crippen LogP contribution in [-0.2, 0) is 0 Å². The van der Waals surface area contributed by atoms with Crippen LogP contribution in [0.15, 0.2) is 42.5 Å². The fourth-order valence-electron chi connectivity index (χ4n) is 2.04. The minimum Gasteiger partial charge on any atom is -0.478 e. The summed E-state index contributed by atoms with van der Waals surface area (Å²) < 4.78 is 13.4. The highest BCUT2D eigenvalue weighted by Crippen LogP contribution is 2.27. The molecule has 4 heteroatoms. The number of carboxylic acid groups (broad SMARTS) is 1. The summed E-state index contributed by atoms with van der Waals surface area (Å²) in [5.74, 6) is -1.68. The number of para-hydroxylation sites is 1. The number of benzene rings is 2. The molecule has 2 N–H and O–H groups in total. The van der Waals surface area contributed by atoms with Crippen LogP contribution in [0.3, 0.4) is 0 Å². The highest BCUT2D eigenvalue weighted by atomic mass is 19.1. The van der Waals surface area contributed by atoms with Gasteiger partial charge in [-0.15, -0.1) is 0 Å². The second-order valence-corrected chi connectivity index (χ2v) is 4.87. The average Bonchev–Trinajstić information content (AvgIpc) is 2.41. The zero-order chi connectivity index (χ0) is 14.7. The van der Waals surface area contributed by atoms with Crippen LogP contribution in [0.2, 0.25) is 0 Å². The van der Waals surface area contributed by atoms with E-state index in [1.165, 1.54) is 12.1 Å². The van der Waals surface area contributed by atoms with Crippen LogP contribution in [-0.4, -0.2) is 11.1 Å². The number of rotatable bonds is 4. The SMILES string of the molecule is CC(C)c1ccccc1Nc1ccc(F)c(C(=O)O)c1. The molecule has 0 saturated heterocycles. The Balaban J connectivity index is 2.36. The lowest BCUT2D eigenvalue weighted by molar-refractivity contribution is 0.0692. The van der Waals surface area contributed by atoms with Gasteiger partial charge < -0.3 is 10.4 Å². The van der Waals surface area contributed by atoms with Gasteiger partial charge in [0, 0.05) is 11.4 Å². The molecule has 0 bridgehead atoms. The topological polar surface area (TPSA) is 49.3 Å². The quantitative estimate of drug-likeness (QED) is 0.868. The minimum absolute atomic E-state index is 0.332. The Hall–Kier alpha value is -2.36. The molecule has 0 unspecified atom stereocenters. The van der Waals surface area contributed by atoms with Crippen molar-refractivity contribution in [1.82, 2.24) is 0 Å². The molecule has 2 rings (SSSR count). The molecule has 104 valence electrons. The highest BCUT2D eigenvalue weighted by molar-refractivity contribution is 5.89. The van der Waals surface area contributed by atoms with E-state index in [-0.39, 0.29) is 5.56 Å². The van der Waals surface area contributed by atoms with Gasteiger partial charge in [-0.05, 0) is 35.7 Å². The van der Waals surface area contributed by atoms with E-state index in [0.717, 1.165) is 17.3 Å². The lowest BCUT2D eigenvalue weighted by Crippen LogP contribution is -2.03. The van der Waals surface area contributed by atoms with Crippen molar-refractivity contribution >= 4 is 17.3 Å². The normalized spacial score (nSPS) is 10.6. The summed E-state index contributed by atoms with van der Waals surface area (Å²) in [4.78, 5) is 10.9. The van der Waals surface area contributed by atoms with Crippen molar-refractivity contribution in [2.45, 2.75) is 19.8 Å². The first kappa shape index (κ1) is 14.1. The van der Waals surface area contributed by atoms with E-state index < -0.39 is 11.8 Å². The van der Waals surface area contributed by atoms with Crippen molar-refractivity contribution in [2.75, 3.05) is 5.32 Å². The van der Waals surface area contributed by atoms with Crippen LogP contribution in [0, 0.1) is 5.82 Å². The number of aromatic carboxylic acids is 1. The van der Waals surface area contributed by atoms with Crippen LogP contribution in [0.4, 0.5) is 15.8 Å². The zero-order valence-electron chi connectivity index (χ0n) is 11.4. The molecule has 2 aromatic carbocycles. The predicted octanol–water partition coefficient (Wildman–Crippen LogP) is 4.39. The molecule has 3 nitrogen and oxygen atoms in total. The second kappa shape index (κ2) is 5.74. The van der Waals surface area contributed by atoms with Gasteiger partial charge in [-0.2, -0.15) is 0 Å². The van der Waals surface area contributed by atoms with Crippen molar-refractivity contribution in [3.8, 4) is 0 Å². The number of nitrogens with one attached hydrogen (secondary N) is 1. The molecule has 0 aliphatic heterocycles. The summed E-state index contributed by atoms with van der Waals surface area (Å²) in [6, 6.07) is 11.8. The van der Waals surface area contributed by atoms with Gasteiger partial charge in [0.05, 0.1) is 5.56 Å². The van der Waals surface area contributed by atoms with Gasteiger partial charge in [0.2, 0.25) is 0 Å². The van der Waals surface area contributed by atoms with Crippen LogP contribution < -0.4 is 5.32 Å². The molecule has 0 radical (unpaired) electrons. The smallest absolute Gasteiger partial charge is 0.338 e. The summed E-state index contributed by atoms with van der Waals surface area (Å²) in [5, 5.41) is 12.1. The highest BCUT2D eigenvalue weighted by Gasteiger charge is 2.12. The molecule has 0 atom stereocenters. The van der Waals surface area contributed by atoms with Gasteiger partial charge in [0.15, 0.2) is 0 Å². The molecule has 20 heavy (non-hydrogen) atoms. The molecule has 0 aliphatic carbocycles. The Kier molecular flexibility index (Phi) is 4.03. The molecule has 0 saturated carbocycles. The summed E-state index contributed by atoms with van der Waals surface area (Å²) in [7, 11) is 0.